The van der Waals surface area contributed by atoms with E-state index in [9.17, 15) is 8.42 Å². The summed E-state index contributed by atoms with van der Waals surface area (Å²) >= 11 is 1.76. The Labute approximate surface area is 123 Å². The van der Waals surface area contributed by atoms with Crippen LogP contribution in [0.2, 0.25) is 0 Å². The highest BCUT2D eigenvalue weighted by Crippen LogP contribution is 2.28. The van der Waals surface area contributed by atoms with Crippen LogP contribution in [0, 0.1) is 0 Å². The Morgan fingerprint density at radius 2 is 1.95 bits per heavy atom. The molecule has 5 heteroatoms. The maximum atomic E-state index is 11.4. The second-order valence-corrected chi connectivity index (χ2v) is 8.51. The zero-order chi connectivity index (χ0) is 14.0. The summed E-state index contributed by atoms with van der Waals surface area (Å²) in [7, 11) is -2.80. The standard InChI is InChI=1S/C15H17NO2S2/c17-20(18)9-8-13(11-20)16-10-14-6-7-15(19-14)12-4-2-1-3-5-12/h1-7,13,16H,8-11H2. The largest absolute Gasteiger partial charge is 0.308 e. The smallest absolute Gasteiger partial charge is 0.151 e. The molecular weight excluding hydrogens is 290 g/mol. The normalized spacial score (nSPS) is 21.1. The fraction of sp³-hybridized carbons (Fsp3) is 0.333. The Hall–Kier alpha value is -1.17. The third kappa shape index (κ3) is 3.29. The Morgan fingerprint density at radius 1 is 1.15 bits per heavy atom. The Kier molecular flexibility index (Phi) is 3.92. The van der Waals surface area contributed by atoms with Crippen LogP contribution in [0.15, 0.2) is 42.5 Å². The molecule has 0 spiro atoms. The molecule has 1 unspecified atom stereocenters. The van der Waals surface area contributed by atoms with E-state index in [1.54, 1.807) is 11.3 Å². The Bertz CT molecular complexity index is 677. The van der Waals surface area contributed by atoms with E-state index in [-0.39, 0.29) is 11.8 Å². The maximum absolute atomic E-state index is 11.4. The first-order valence-corrected chi connectivity index (χ1v) is 9.34. The molecule has 1 atom stereocenters. The summed E-state index contributed by atoms with van der Waals surface area (Å²) in [5.41, 5.74) is 1.23. The van der Waals surface area contributed by atoms with Gasteiger partial charge in [0.25, 0.3) is 0 Å². The molecule has 1 aliphatic rings. The predicted octanol–water partition coefficient (Wildman–Crippen LogP) is 2.69. The van der Waals surface area contributed by atoms with Gasteiger partial charge in [-0.05, 0) is 24.1 Å². The number of nitrogens with one attached hydrogen (secondary N) is 1. The van der Waals surface area contributed by atoms with Gasteiger partial charge in [-0.3, -0.25) is 0 Å². The molecule has 0 radical (unpaired) electrons. The van der Waals surface area contributed by atoms with Crippen LogP contribution in [-0.2, 0) is 16.4 Å². The van der Waals surface area contributed by atoms with Crippen LogP contribution in [0.25, 0.3) is 10.4 Å². The summed E-state index contributed by atoms with van der Waals surface area (Å²) in [5, 5.41) is 3.35. The van der Waals surface area contributed by atoms with Gasteiger partial charge in [0.05, 0.1) is 11.5 Å². The number of rotatable bonds is 4. The number of hydrogen-bond donors (Lipinski definition) is 1. The van der Waals surface area contributed by atoms with E-state index in [1.165, 1.54) is 15.3 Å². The van der Waals surface area contributed by atoms with E-state index in [1.807, 2.05) is 18.2 Å². The second-order valence-electron chi connectivity index (χ2n) is 5.11. The van der Waals surface area contributed by atoms with Crippen molar-refractivity contribution in [2.75, 3.05) is 11.5 Å². The van der Waals surface area contributed by atoms with Gasteiger partial charge in [-0.2, -0.15) is 0 Å². The van der Waals surface area contributed by atoms with Gasteiger partial charge in [0, 0.05) is 22.3 Å². The zero-order valence-electron chi connectivity index (χ0n) is 11.1. The molecule has 1 aromatic heterocycles. The topological polar surface area (TPSA) is 46.2 Å². The Balaban J connectivity index is 1.61. The van der Waals surface area contributed by atoms with Crippen molar-refractivity contribution in [2.24, 2.45) is 0 Å². The molecule has 20 heavy (non-hydrogen) atoms. The third-order valence-electron chi connectivity index (χ3n) is 3.52. The van der Waals surface area contributed by atoms with Crippen molar-refractivity contribution in [3.05, 3.63) is 47.3 Å². The van der Waals surface area contributed by atoms with Crippen molar-refractivity contribution in [1.82, 2.24) is 5.32 Å². The lowest BCUT2D eigenvalue weighted by Gasteiger charge is -2.08. The molecule has 0 aliphatic carbocycles. The van der Waals surface area contributed by atoms with Crippen LogP contribution >= 0.6 is 11.3 Å². The van der Waals surface area contributed by atoms with Gasteiger partial charge >= 0.3 is 0 Å². The summed E-state index contributed by atoms with van der Waals surface area (Å²) in [6, 6.07) is 14.7. The monoisotopic (exact) mass is 307 g/mol. The van der Waals surface area contributed by atoms with Crippen molar-refractivity contribution >= 4 is 21.2 Å². The van der Waals surface area contributed by atoms with Gasteiger partial charge in [-0.25, -0.2) is 8.42 Å². The summed E-state index contributed by atoms with van der Waals surface area (Å²) < 4.78 is 22.8. The van der Waals surface area contributed by atoms with Crippen molar-refractivity contribution in [1.29, 1.82) is 0 Å². The minimum atomic E-state index is -2.80. The number of sulfone groups is 1. The van der Waals surface area contributed by atoms with Crippen molar-refractivity contribution in [3.8, 4) is 10.4 Å². The average Bonchev–Trinajstić information content (AvgIpc) is 3.04. The fourth-order valence-electron chi connectivity index (χ4n) is 2.43. The van der Waals surface area contributed by atoms with E-state index in [4.69, 9.17) is 0 Å². The number of thiophene rings is 1. The van der Waals surface area contributed by atoms with Crippen LogP contribution in [0.1, 0.15) is 11.3 Å². The zero-order valence-corrected chi connectivity index (χ0v) is 12.7. The highest BCUT2D eigenvalue weighted by Gasteiger charge is 2.27. The molecule has 1 saturated heterocycles. The van der Waals surface area contributed by atoms with E-state index >= 15 is 0 Å². The molecule has 1 aromatic carbocycles. The lowest BCUT2D eigenvalue weighted by Crippen LogP contribution is -2.29. The van der Waals surface area contributed by atoms with E-state index < -0.39 is 9.84 Å². The SMILES string of the molecule is O=S1(=O)CCC(NCc2ccc(-c3ccccc3)s2)C1. The first-order chi connectivity index (χ1) is 9.62. The number of benzene rings is 1. The van der Waals surface area contributed by atoms with Gasteiger partial charge in [0.1, 0.15) is 0 Å². The van der Waals surface area contributed by atoms with Crippen LogP contribution in [0.5, 0.6) is 0 Å². The maximum Gasteiger partial charge on any atom is 0.151 e. The minimum Gasteiger partial charge on any atom is -0.308 e. The molecule has 1 fully saturated rings. The van der Waals surface area contributed by atoms with Gasteiger partial charge in [0.2, 0.25) is 0 Å². The molecule has 3 rings (SSSR count). The molecular formula is C15H17NO2S2. The predicted molar refractivity (Wildman–Crippen MR) is 83.7 cm³/mol. The molecule has 3 nitrogen and oxygen atoms in total. The Morgan fingerprint density at radius 3 is 2.65 bits per heavy atom. The van der Waals surface area contributed by atoms with Crippen LogP contribution in [0.4, 0.5) is 0 Å². The molecule has 0 saturated carbocycles. The van der Waals surface area contributed by atoms with Gasteiger partial charge in [-0.15, -0.1) is 11.3 Å². The van der Waals surface area contributed by atoms with Gasteiger partial charge in [0.15, 0.2) is 9.84 Å². The first kappa shape index (κ1) is 13.8. The molecule has 2 aromatic rings. The van der Waals surface area contributed by atoms with Crippen LogP contribution < -0.4 is 5.32 Å². The second kappa shape index (κ2) is 5.68. The first-order valence-electron chi connectivity index (χ1n) is 6.70. The lowest BCUT2D eigenvalue weighted by molar-refractivity contribution is 0.557. The minimum absolute atomic E-state index is 0.113. The van der Waals surface area contributed by atoms with Gasteiger partial charge in [-0.1, -0.05) is 30.3 Å². The molecule has 106 valence electrons. The van der Waals surface area contributed by atoms with E-state index in [2.05, 4.69) is 29.6 Å². The van der Waals surface area contributed by atoms with Crippen molar-refractivity contribution in [3.63, 3.8) is 0 Å². The molecule has 1 N–H and O–H groups in total. The van der Waals surface area contributed by atoms with Crippen molar-refractivity contribution in [2.45, 2.75) is 19.0 Å². The lowest BCUT2D eigenvalue weighted by atomic mass is 10.2. The third-order valence-corrected chi connectivity index (χ3v) is 6.42. The summed E-state index contributed by atoms with van der Waals surface area (Å²) in [5.74, 6) is 0.605. The highest BCUT2D eigenvalue weighted by atomic mass is 32.2. The molecule has 0 amide bonds. The summed E-state index contributed by atoms with van der Waals surface area (Å²) in [6.45, 7) is 0.748. The molecule has 0 bridgehead atoms. The van der Waals surface area contributed by atoms with Crippen LogP contribution in [0.3, 0.4) is 0 Å². The molecule has 2 heterocycles. The van der Waals surface area contributed by atoms with Crippen molar-refractivity contribution < 1.29 is 8.42 Å². The summed E-state index contributed by atoms with van der Waals surface area (Å²) in [4.78, 5) is 2.49. The number of hydrogen-bond acceptors (Lipinski definition) is 4. The quantitative estimate of drug-likeness (QED) is 0.944. The van der Waals surface area contributed by atoms with Gasteiger partial charge < -0.3 is 5.32 Å². The van der Waals surface area contributed by atoms with Crippen LogP contribution in [-0.4, -0.2) is 26.0 Å². The fourth-order valence-corrected chi connectivity index (χ4v) is 5.10. The highest BCUT2D eigenvalue weighted by molar-refractivity contribution is 7.91. The molecule has 1 aliphatic heterocycles. The van der Waals surface area contributed by atoms with E-state index in [0.717, 1.165) is 13.0 Å². The summed E-state index contributed by atoms with van der Waals surface area (Å²) in [6.07, 6.45) is 0.735. The average molecular weight is 307 g/mol. The van der Waals surface area contributed by atoms with E-state index in [0.29, 0.717) is 5.75 Å².